The molecule has 9 heteroatoms. The number of nitrogens with two attached hydrogens (primary N) is 1. The number of hydrogen-bond donors (Lipinski definition) is 2. The summed E-state index contributed by atoms with van der Waals surface area (Å²) in [5.41, 5.74) is 6.57. The first-order chi connectivity index (χ1) is 12.5. The molecule has 0 aliphatic rings. The van der Waals surface area contributed by atoms with Gasteiger partial charge in [-0.3, -0.25) is 9.59 Å². The van der Waals surface area contributed by atoms with E-state index in [1.165, 1.54) is 23.1 Å². The maximum atomic E-state index is 12.4. The molecule has 0 fully saturated rings. The van der Waals surface area contributed by atoms with E-state index >= 15 is 0 Å². The Bertz CT molecular complexity index is 936. The third-order valence-corrected chi connectivity index (χ3v) is 5.65. The van der Waals surface area contributed by atoms with Gasteiger partial charge in [0.15, 0.2) is 11.0 Å². The van der Waals surface area contributed by atoms with Crippen LogP contribution in [0, 0.1) is 0 Å². The van der Waals surface area contributed by atoms with Gasteiger partial charge in [-0.15, -0.1) is 21.5 Å². The number of anilines is 1. The van der Waals surface area contributed by atoms with Crippen molar-refractivity contribution >= 4 is 39.9 Å². The van der Waals surface area contributed by atoms with Crippen LogP contribution in [0.4, 0.5) is 5.00 Å². The van der Waals surface area contributed by atoms with Crippen LogP contribution in [0.5, 0.6) is 0 Å². The lowest BCUT2D eigenvalue weighted by Gasteiger charge is -2.11. The minimum absolute atomic E-state index is 0.232. The maximum Gasteiger partial charge on any atom is 0.251 e. The molecule has 2 amide bonds. The van der Waals surface area contributed by atoms with E-state index in [1.54, 1.807) is 18.4 Å². The fourth-order valence-electron chi connectivity index (χ4n) is 2.28. The molecule has 0 radical (unpaired) electrons. The number of nitrogens with zero attached hydrogens (tertiary/aromatic N) is 3. The number of aromatic nitrogens is 3. The van der Waals surface area contributed by atoms with Crippen molar-refractivity contribution in [1.82, 2.24) is 14.8 Å². The molecule has 0 spiro atoms. The van der Waals surface area contributed by atoms with E-state index in [0.29, 0.717) is 15.7 Å². The van der Waals surface area contributed by atoms with Crippen LogP contribution in [-0.2, 0) is 11.8 Å². The van der Waals surface area contributed by atoms with E-state index < -0.39 is 11.2 Å². The minimum atomic E-state index is -0.567. The van der Waals surface area contributed by atoms with Gasteiger partial charge in [0.1, 0.15) is 5.00 Å². The monoisotopic (exact) mass is 387 g/mol. The van der Waals surface area contributed by atoms with Crippen molar-refractivity contribution in [2.24, 2.45) is 12.8 Å². The second-order valence-corrected chi connectivity index (χ2v) is 7.73. The normalized spacial score (nSPS) is 11.9. The highest BCUT2D eigenvalue weighted by molar-refractivity contribution is 8.00. The zero-order valence-corrected chi connectivity index (χ0v) is 15.8. The van der Waals surface area contributed by atoms with Gasteiger partial charge >= 0.3 is 0 Å². The van der Waals surface area contributed by atoms with Crippen LogP contribution < -0.4 is 11.1 Å². The Labute approximate surface area is 158 Å². The van der Waals surface area contributed by atoms with E-state index in [2.05, 4.69) is 15.5 Å². The molecule has 0 aliphatic carbocycles. The Hall–Kier alpha value is -2.65. The third-order valence-electron chi connectivity index (χ3n) is 3.69. The van der Waals surface area contributed by atoms with Crippen molar-refractivity contribution in [1.29, 1.82) is 0 Å². The summed E-state index contributed by atoms with van der Waals surface area (Å²) in [7, 11) is 1.86. The van der Waals surface area contributed by atoms with Crippen LogP contribution in [0.2, 0.25) is 0 Å². The van der Waals surface area contributed by atoms with Crippen LogP contribution >= 0.6 is 23.1 Å². The largest absolute Gasteiger partial charge is 0.366 e. The van der Waals surface area contributed by atoms with Gasteiger partial charge < -0.3 is 15.6 Å². The molecule has 0 saturated carbocycles. The number of thiophene rings is 1. The number of hydrogen-bond acceptors (Lipinski definition) is 6. The lowest BCUT2D eigenvalue weighted by atomic mass is 10.2. The molecule has 1 unspecified atom stereocenters. The quantitative estimate of drug-likeness (QED) is 0.633. The summed E-state index contributed by atoms with van der Waals surface area (Å²) in [6.45, 7) is 1.77. The van der Waals surface area contributed by atoms with Gasteiger partial charge in [0.25, 0.3) is 5.91 Å². The number of thioether (sulfide) groups is 1. The first kappa shape index (κ1) is 18.2. The Morgan fingerprint density at radius 3 is 2.65 bits per heavy atom. The van der Waals surface area contributed by atoms with E-state index in [1.807, 2.05) is 41.9 Å². The van der Waals surface area contributed by atoms with Gasteiger partial charge in [-0.2, -0.15) is 0 Å². The average molecular weight is 387 g/mol. The molecule has 0 aliphatic heterocycles. The highest BCUT2D eigenvalue weighted by Gasteiger charge is 2.21. The Morgan fingerprint density at radius 1 is 1.23 bits per heavy atom. The molecule has 26 heavy (non-hydrogen) atoms. The molecule has 2 aromatic heterocycles. The summed E-state index contributed by atoms with van der Waals surface area (Å²) in [6.07, 6.45) is 0. The minimum Gasteiger partial charge on any atom is -0.366 e. The molecule has 1 aromatic carbocycles. The third kappa shape index (κ3) is 3.78. The molecule has 7 nitrogen and oxygen atoms in total. The number of amides is 2. The van der Waals surface area contributed by atoms with Crippen molar-refractivity contribution in [2.75, 3.05) is 5.32 Å². The molecule has 0 bridgehead atoms. The molecule has 2 heterocycles. The van der Waals surface area contributed by atoms with Gasteiger partial charge in [0.2, 0.25) is 5.91 Å². The Balaban J connectivity index is 1.71. The standard InChI is InChI=1S/C17H17N5O2S2/c1-10(15(24)19-16-12(13(18)23)8-9-25-16)26-17-21-20-14(22(17)2)11-6-4-3-5-7-11/h3-10H,1-2H3,(H2,18,23)(H,19,24). The number of carbonyl (C=O) groups excluding carboxylic acids is 2. The first-order valence-corrected chi connectivity index (χ1v) is 9.53. The Morgan fingerprint density at radius 2 is 1.96 bits per heavy atom. The number of rotatable bonds is 6. The second kappa shape index (κ2) is 7.71. The van der Waals surface area contributed by atoms with Crippen molar-refractivity contribution in [3.8, 4) is 11.4 Å². The van der Waals surface area contributed by atoms with Crippen molar-refractivity contribution in [2.45, 2.75) is 17.3 Å². The van der Waals surface area contributed by atoms with Gasteiger partial charge in [0, 0.05) is 12.6 Å². The molecule has 3 N–H and O–H groups in total. The van der Waals surface area contributed by atoms with E-state index in [0.717, 1.165) is 11.4 Å². The molecule has 3 aromatic rings. The maximum absolute atomic E-state index is 12.4. The number of carbonyl (C=O) groups is 2. The summed E-state index contributed by atoms with van der Waals surface area (Å²) in [5.74, 6) is -0.0677. The van der Waals surface area contributed by atoms with E-state index in [9.17, 15) is 9.59 Å². The van der Waals surface area contributed by atoms with Crippen molar-refractivity contribution < 1.29 is 9.59 Å². The van der Waals surface area contributed by atoms with Crippen molar-refractivity contribution in [3.05, 3.63) is 47.3 Å². The van der Waals surface area contributed by atoms with E-state index in [-0.39, 0.29) is 5.91 Å². The zero-order chi connectivity index (χ0) is 18.7. The molecule has 0 saturated heterocycles. The molecule has 1 atom stereocenters. The predicted octanol–water partition coefficient (Wildman–Crippen LogP) is 2.76. The summed E-state index contributed by atoms with van der Waals surface area (Å²) in [6, 6.07) is 11.3. The average Bonchev–Trinajstić information content (AvgIpc) is 3.23. The van der Waals surface area contributed by atoms with Crippen LogP contribution in [-0.4, -0.2) is 31.8 Å². The van der Waals surface area contributed by atoms with Gasteiger partial charge in [-0.1, -0.05) is 42.1 Å². The lowest BCUT2D eigenvalue weighted by Crippen LogP contribution is -2.24. The summed E-state index contributed by atoms with van der Waals surface area (Å²) in [4.78, 5) is 23.8. The van der Waals surface area contributed by atoms with Crippen LogP contribution in [0.1, 0.15) is 17.3 Å². The number of nitrogens with one attached hydrogen (secondary N) is 1. The fraction of sp³-hybridized carbons (Fsp3) is 0.176. The first-order valence-electron chi connectivity index (χ1n) is 7.77. The Kier molecular flexibility index (Phi) is 5.38. The smallest absolute Gasteiger partial charge is 0.251 e. The number of primary amides is 1. The van der Waals surface area contributed by atoms with Crippen LogP contribution in [0.3, 0.4) is 0 Å². The van der Waals surface area contributed by atoms with Crippen LogP contribution in [0.25, 0.3) is 11.4 Å². The van der Waals surface area contributed by atoms with Gasteiger partial charge in [-0.05, 0) is 18.4 Å². The summed E-state index contributed by atoms with van der Waals surface area (Å²) >= 11 is 2.55. The highest BCUT2D eigenvalue weighted by atomic mass is 32.2. The highest BCUT2D eigenvalue weighted by Crippen LogP contribution is 2.28. The lowest BCUT2D eigenvalue weighted by molar-refractivity contribution is -0.115. The topological polar surface area (TPSA) is 103 Å². The van der Waals surface area contributed by atoms with Gasteiger partial charge in [-0.25, -0.2) is 0 Å². The summed E-state index contributed by atoms with van der Waals surface area (Å²) < 4.78 is 1.85. The van der Waals surface area contributed by atoms with Gasteiger partial charge in [0.05, 0.1) is 10.8 Å². The SMILES string of the molecule is CC(Sc1nnc(-c2ccccc2)n1C)C(=O)Nc1sccc1C(N)=O. The van der Waals surface area contributed by atoms with Crippen LogP contribution in [0.15, 0.2) is 46.9 Å². The molecular weight excluding hydrogens is 370 g/mol. The second-order valence-electron chi connectivity index (χ2n) is 5.51. The molecular formula is C17H17N5O2S2. The molecule has 134 valence electrons. The van der Waals surface area contributed by atoms with E-state index in [4.69, 9.17) is 5.73 Å². The van der Waals surface area contributed by atoms with Crippen molar-refractivity contribution in [3.63, 3.8) is 0 Å². The molecule has 3 rings (SSSR count). The fourth-order valence-corrected chi connectivity index (χ4v) is 3.89. The zero-order valence-electron chi connectivity index (χ0n) is 14.2. The summed E-state index contributed by atoms with van der Waals surface area (Å²) in [5, 5.41) is 13.5. The number of benzene rings is 1. The predicted molar refractivity (Wildman–Crippen MR) is 103 cm³/mol.